The van der Waals surface area contributed by atoms with Crippen molar-refractivity contribution < 1.29 is 17.7 Å². The Morgan fingerprint density at radius 2 is 1.91 bits per heavy atom. The first-order chi connectivity index (χ1) is 16.2. The highest BCUT2D eigenvalue weighted by atomic mass is 32.2. The zero-order valence-corrected chi connectivity index (χ0v) is 19.7. The molecule has 2 heterocycles. The summed E-state index contributed by atoms with van der Waals surface area (Å²) in [6.07, 6.45) is 0.447. The number of aromatic nitrogens is 3. The number of carbonyl (C=O) groups is 1. The first-order valence-electron chi connectivity index (χ1n) is 10.2. The lowest BCUT2D eigenvalue weighted by molar-refractivity contribution is -0.113. The van der Waals surface area contributed by atoms with Gasteiger partial charge < -0.3 is 9.84 Å². The number of nitrogens with two attached hydrogens (primary N) is 1. The molecule has 0 aliphatic rings. The van der Waals surface area contributed by atoms with E-state index in [4.69, 9.17) is 9.66 Å². The van der Waals surface area contributed by atoms with Gasteiger partial charge in [-0.3, -0.25) is 14.2 Å². The number of fused-ring (bicyclic) bond motifs is 1. The molecule has 0 fully saturated rings. The maximum Gasteiger partial charge on any atom is 0.262 e. The van der Waals surface area contributed by atoms with Gasteiger partial charge in [0.1, 0.15) is 5.76 Å². The number of hydrogen-bond donors (Lipinski definition) is 2. The summed E-state index contributed by atoms with van der Waals surface area (Å²) >= 11 is 1.14. The minimum absolute atomic E-state index is 0.0136. The number of anilines is 1. The number of thioether (sulfide) groups is 1. The number of nitrogens with one attached hydrogen (secondary N) is 1. The number of sulfonamides is 1. The third kappa shape index (κ3) is 5.53. The maximum atomic E-state index is 13.2. The molecular formula is C22H21N5O5S2. The van der Waals surface area contributed by atoms with E-state index in [-0.39, 0.29) is 28.7 Å². The molecule has 0 radical (unpaired) electrons. The van der Waals surface area contributed by atoms with Gasteiger partial charge in [0.2, 0.25) is 15.9 Å². The Morgan fingerprint density at radius 1 is 1.18 bits per heavy atom. The van der Waals surface area contributed by atoms with Gasteiger partial charge in [0, 0.05) is 12.6 Å². The summed E-state index contributed by atoms with van der Waals surface area (Å²) in [5.41, 5.74) is 1.14. The normalized spacial score (nSPS) is 11.6. The smallest absolute Gasteiger partial charge is 0.262 e. The molecule has 10 nitrogen and oxygen atoms in total. The van der Waals surface area contributed by atoms with E-state index in [0.717, 1.165) is 17.3 Å². The quantitative estimate of drug-likeness (QED) is 0.277. The van der Waals surface area contributed by atoms with Crippen LogP contribution in [0.2, 0.25) is 0 Å². The van der Waals surface area contributed by atoms with Crippen molar-refractivity contribution in [3.63, 3.8) is 0 Å². The number of benzene rings is 2. The molecule has 0 aliphatic carbocycles. The Balaban J connectivity index is 1.55. The molecular weight excluding hydrogens is 478 g/mol. The molecule has 12 heteroatoms. The van der Waals surface area contributed by atoms with Crippen molar-refractivity contribution in [3.8, 4) is 0 Å². The van der Waals surface area contributed by atoms with Gasteiger partial charge in [0.25, 0.3) is 5.56 Å². The van der Waals surface area contributed by atoms with Crippen LogP contribution in [-0.2, 0) is 27.8 Å². The summed E-state index contributed by atoms with van der Waals surface area (Å²) < 4.78 is 29.4. The monoisotopic (exact) mass is 499 g/mol. The summed E-state index contributed by atoms with van der Waals surface area (Å²) in [7, 11) is -3.78. The Bertz CT molecular complexity index is 1510. The zero-order valence-electron chi connectivity index (χ0n) is 18.1. The second-order valence-electron chi connectivity index (χ2n) is 7.47. The summed E-state index contributed by atoms with van der Waals surface area (Å²) in [4.78, 5) is 30.2. The van der Waals surface area contributed by atoms with Crippen molar-refractivity contribution in [2.75, 3.05) is 11.1 Å². The average molecular weight is 500 g/mol. The van der Waals surface area contributed by atoms with E-state index in [9.17, 15) is 18.0 Å². The predicted molar refractivity (Wildman–Crippen MR) is 128 cm³/mol. The largest absolute Gasteiger partial charge is 0.360 e. The van der Waals surface area contributed by atoms with E-state index in [2.05, 4.69) is 15.5 Å². The van der Waals surface area contributed by atoms with Crippen molar-refractivity contribution in [1.82, 2.24) is 14.7 Å². The number of rotatable bonds is 8. The topological polar surface area (TPSA) is 150 Å². The van der Waals surface area contributed by atoms with E-state index in [1.165, 1.54) is 16.7 Å². The molecule has 176 valence electrons. The van der Waals surface area contributed by atoms with E-state index in [1.54, 1.807) is 49.4 Å². The van der Waals surface area contributed by atoms with Gasteiger partial charge in [0.05, 0.1) is 21.6 Å². The molecule has 2 aromatic heterocycles. The lowest BCUT2D eigenvalue weighted by atomic mass is 10.1. The molecule has 3 N–H and O–H groups in total. The molecule has 0 bridgehead atoms. The van der Waals surface area contributed by atoms with Gasteiger partial charge >= 0.3 is 0 Å². The Morgan fingerprint density at radius 3 is 2.59 bits per heavy atom. The van der Waals surface area contributed by atoms with Crippen LogP contribution in [0, 0.1) is 6.92 Å². The fourth-order valence-electron chi connectivity index (χ4n) is 3.28. The van der Waals surface area contributed by atoms with E-state index in [1.807, 2.05) is 0 Å². The molecule has 0 aliphatic heterocycles. The zero-order chi connectivity index (χ0) is 24.3. The van der Waals surface area contributed by atoms with Crippen molar-refractivity contribution in [2.24, 2.45) is 5.14 Å². The molecule has 2 aromatic carbocycles. The van der Waals surface area contributed by atoms with Crippen molar-refractivity contribution in [3.05, 3.63) is 76.3 Å². The molecule has 1 amide bonds. The predicted octanol–water partition coefficient (Wildman–Crippen LogP) is 2.31. The third-order valence-electron chi connectivity index (χ3n) is 4.93. The van der Waals surface area contributed by atoms with Crippen LogP contribution < -0.4 is 16.0 Å². The Labute approximate surface area is 199 Å². The first-order valence-corrected chi connectivity index (χ1v) is 12.7. The fraction of sp³-hybridized carbons (Fsp3) is 0.182. The molecule has 0 atom stereocenters. The molecule has 0 unspecified atom stereocenters. The van der Waals surface area contributed by atoms with Gasteiger partial charge in [-0.05, 0) is 43.2 Å². The van der Waals surface area contributed by atoms with Crippen LogP contribution in [0.15, 0.2) is 74.0 Å². The number of aryl methyl sites for hydroxylation is 2. The molecule has 4 rings (SSSR count). The SMILES string of the molecule is Cc1cc(NC(=O)CSc2nc3ccccc3c(=O)n2CCc2ccc(S(N)(=O)=O)cc2)no1. The maximum absolute atomic E-state index is 13.2. The first kappa shape index (κ1) is 23.7. The molecule has 0 saturated heterocycles. The summed E-state index contributed by atoms with van der Waals surface area (Å²) in [6.45, 7) is 2.01. The van der Waals surface area contributed by atoms with Crippen LogP contribution in [-0.4, -0.2) is 34.8 Å². The van der Waals surface area contributed by atoms with Crippen molar-refractivity contribution in [2.45, 2.75) is 29.9 Å². The number of primary sulfonamides is 1. The van der Waals surface area contributed by atoms with E-state index < -0.39 is 10.0 Å². The highest BCUT2D eigenvalue weighted by molar-refractivity contribution is 7.99. The van der Waals surface area contributed by atoms with Gasteiger partial charge in [-0.1, -0.05) is 41.2 Å². The van der Waals surface area contributed by atoms with Gasteiger partial charge in [-0.2, -0.15) is 0 Å². The van der Waals surface area contributed by atoms with Crippen LogP contribution in [0.3, 0.4) is 0 Å². The van der Waals surface area contributed by atoms with Crippen LogP contribution >= 0.6 is 11.8 Å². The Hall–Kier alpha value is -3.48. The van der Waals surface area contributed by atoms with Crippen LogP contribution in [0.25, 0.3) is 10.9 Å². The lowest BCUT2D eigenvalue weighted by Gasteiger charge is -2.13. The molecule has 34 heavy (non-hydrogen) atoms. The molecule has 0 spiro atoms. The summed E-state index contributed by atoms with van der Waals surface area (Å²) in [5.74, 6) is 0.588. The lowest BCUT2D eigenvalue weighted by Crippen LogP contribution is -2.25. The van der Waals surface area contributed by atoms with E-state index >= 15 is 0 Å². The second kappa shape index (κ2) is 9.79. The van der Waals surface area contributed by atoms with Gasteiger partial charge in [-0.25, -0.2) is 18.5 Å². The number of hydrogen-bond acceptors (Lipinski definition) is 8. The van der Waals surface area contributed by atoms with Crippen LogP contribution in [0.4, 0.5) is 5.82 Å². The highest BCUT2D eigenvalue weighted by Gasteiger charge is 2.15. The minimum atomic E-state index is -3.78. The van der Waals surface area contributed by atoms with Crippen molar-refractivity contribution in [1.29, 1.82) is 0 Å². The van der Waals surface area contributed by atoms with Crippen LogP contribution in [0.1, 0.15) is 11.3 Å². The average Bonchev–Trinajstić information content (AvgIpc) is 3.21. The number of amides is 1. The standard InChI is InChI=1S/C22H21N5O5S2/c1-14-12-19(26-32-14)25-20(28)13-33-22-24-18-5-3-2-4-17(18)21(29)27(22)11-10-15-6-8-16(9-7-15)34(23,30)31/h2-9,12H,10-11,13H2,1H3,(H2,23,30,31)(H,25,26,28). The number of para-hydroxylation sites is 1. The molecule has 0 saturated carbocycles. The molecule has 4 aromatic rings. The van der Waals surface area contributed by atoms with E-state index in [0.29, 0.717) is 34.1 Å². The number of carbonyl (C=O) groups excluding carboxylic acids is 1. The Kier molecular flexibility index (Phi) is 6.82. The third-order valence-corrected chi connectivity index (χ3v) is 6.84. The second-order valence-corrected chi connectivity index (χ2v) is 9.97. The van der Waals surface area contributed by atoms with Crippen molar-refractivity contribution >= 4 is 44.4 Å². The van der Waals surface area contributed by atoms with Gasteiger partial charge in [0.15, 0.2) is 11.0 Å². The summed E-state index contributed by atoms with van der Waals surface area (Å²) in [5, 5.41) is 12.4. The van der Waals surface area contributed by atoms with Gasteiger partial charge in [-0.15, -0.1) is 0 Å². The minimum Gasteiger partial charge on any atom is -0.360 e. The number of nitrogens with zero attached hydrogens (tertiary/aromatic N) is 3. The fourth-order valence-corrected chi connectivity index (χ4v) is 4.62. The summed E-state index contributed by atoms with van der Waals surface area (Å²) in [6, 6.07) is 14.8. The van der Waals surface area contributed by atoms with Crippen LogP contribution in [0.5, 0.6) is 0 Å². The highest BCUT2D eigenvalue weighted by Crippen LogP contribution is 2.19.